The first kappa shape index (κ1) is 21.2. The van der Waals surface area contributed by atoms with Gasteiger partial charge in [-0.3, -0.25) is 19.2 Å². The second-order valence-corrected chi connectivity index (χ2v) is 5.94. The van der Waals surface area contributed by atoms with Gasteiger partial charge in [0.15, 0.2) is 0 Å². The van der Waals surface area contributed by atoms with E-state index in [1.165, 1.54) is 18.7 Å². The molecule has 0 heterocycles. The van der Waals surface area contributed by atoms with Crippen molar-refractivity contribution >= 4 is 35.5 Å². The molecular formula is C13H23N3O6S. The van der Waals surface area contributed by atoms with Crippen LogP contribution in [0.15, 0.2) is 0 Å². The number of carboxylic acids is 2. The van der Waals surface area contributed by atoms with Crippen LogP contribution in [0.2, 0.25) is 0 Å². The first-order chi connectivity index (χ1) is 10.7. The number of aliphatic carboxylic acids is 2. The summed E-state index contributed by atoms with van der Waals surface area (Å²) in [6.45, 7) is 1.31. The first-order valence-corrected chi connectivity index (χ1v) is 8.38. The van der Waals surface area contributed by atoms with E-state index in [-0.39, 0.29) is 12.8 Å². The molecule has 9 nitrogen and oxygen atoms in total. The third kappa shape index (κ3) is 9.04. The first-order valence-electron chi connectivity index (χ1n) is 6.98. The Labute approximate surface area is 138 Å². The van der Waals surface area contributed by atoms with Crippen molar-refractivity contribution in [3.05, 3.63) is 0 Å². The zero-order valence-corrected chi connectivity index (χ0v) is 13.9. The Bertz CT molecular complexity index is 445. The zero-order valence-electron chi connectivity index (χ0n) is 13.1. The number of rotatable bonds is 11. The number of thioether (sulfide) groups is 1. The molecule has 0 rings (SSSR count). The van der Waals surface area contributed by atoms with Crippen molar-refractivity contribution < 1.29 is 29.4 Å². The van der Waals surface area contributed by atoms with Gasteiger partial charge >= 0.3 is 11.9 Å². The number of amides is 2. The number of hydrogen-bond donors (Lipinski definition) is 5. The molecule has 132 valence electrons. The molecule has 23 heavy (non-hydrogen) atoms. The lowest BCUT2D eigenvalue weighted by molar-refractivity contribution is -0.141. The van der Waals surface area contributed by atoms with Crippen molar-refractivity contribution in [3.8, 4) is 0 Å². The molecule has 0 radical (unpaired) electrons. The molecule has 0 aromatic rings. The van der Waals surface area contributed by atoms with Gasteiger partial charge in [-0.25, -0.2) is 0 Å². The third-order valence-electron chi connectivity index (χ3n) is 2.98. The van der Waals surface area contributed by atoms with E-state index in [1.807, 2.05) is 6.26 Å². The van der Waals surface area contributed by atoms with Gasteiger partial charge in [-0.15, -0.1) is 0 Å². The number of hydrogen-bond acceptors (Lipinski definition) is 6. The fraction of sp³-hybridized carbons (Fsp3) is 0.692. The highest BCUT2D eigenvalue weighted by Crippen LogP contribution is 2.03. The van der Waals surface area contributed by atoms with Crippen LogP contribution in [0.4, 0.5) is 0 Å². The second-order valence-electron chi connectivity index (χ2n) is 4.95. The van der Waals surface area contributed by atoms with E-state index in [0.29, 0.717) is 12.2 Å². The van der Waals surface area contributed by atoms with Crippen LogP contribution in [0.3, 0.4) is 0 Å². The summed E-state index contributed by atoms with van der Waals surface area (Å²) in [7, 11) is 0. The van der Waals surface area contributed by atoms with Crippen molar-refractivity contribution in [2.24, 2.45) is 5.73 Å². The number of carboxylic acid groups (broad SMARTS) is 2. The lowest BCUT2D eigenvalue weighted by Crippen LogP contribution is -2.54. The smallest absolute Gasteiger partial charge is 0.325 e. The molecule has 0 aliphatic rings. The number of nitrogens with two attached hydrogens (primary N) is 1. The molecule has 0 fully saturated rings. The van der Waals surface area contributed by atoms with Gasteiger partial charge in [0.05, 0.1) is 6.04 Å². The van der Waals surface area contributed by atoms with Crippen molar-refractivity contribution in [1.29, 1.82) is 0 Å². The molecule has 0 aliphatic carbocycles. The van der Waals surface area contributed by atoms with Crippen molar-refractivity contribution in [2.45, 2.75) is 44.3 Å². The van der Waals surface area contributed by atoms with Gasteiger partial charge in [-0.05, 0) is 31.8 Å². The van der Waals surface area contributed by atoms with Gasteiger partial charge in [0.2, 0.25) is 11.8 Å². The maximum absolute atomic E-state index is 12.1. The Morgan fingerprint density at radius 3 is 2.17 bits per heavy atom. The number of carbonyl (C=O) groups is 4. The van der Waals surface area contributed by atoms with E-state index in [1.54, 1.807) is 0 Å². The summed E-state index contributed by atoms with van der Waals surface area (Å²) < 4.78 is 0. The van der Waals surface area contributed by atoms with E-state index >= 15 is 0 Å². The van der Waals surface area contributed by atoms with Crippen LogP contribution >= 0.6 is 11.8 Å². The predicted octanol–water partition coefficient (Wildman–Crippen LogP) is -0.994. The van der Waals surface area contributed by atoms with Crippen LogP contribution in [0.1, 0.15) is 26.2 Å². The van der Waals surface area contributed by atoms with Crippen molar-refractivity contribution in [3.63, 3.8) is 0 Å². The van der Waals surface area contributed by atoms with Crippen LogP contribution < -0.4 is 16.4 Å². The Morgan fingerprint density at radius 1 is 1.09 bits per heavy atom. The summed E-state index contributed by atoms with van der Waals surface area (Å²) in [5.74, 6) is -2.95. The minimum Gasteiger partial charge on any atom is -0.481 e. The van der Waals surface area contributed by atoms with Gasteiger partial charge in [-0.2, -0.15) is 11.8 Å². The lowest BCUT2D eigenvalue weighted by atomic mass is 10.1. The Kier molecular flexibility index (Phi) is 9.99. The van der Waals surface area contributed by atoms with E-state index in [9.17, 15) is 19.2 Å². The van der Waals surface area contributed by atoms with Crippen molar-refractivity contribution in [2.75, 3.05) is 12.0 Å². The minimum atomic E-state index is -1.19. The monoisotopic (exact) mass is 349 g/mol. The van der Waals surface area contributed by atoms with Crippen LogP contribution in [0, 0.1) is 0 Å². The van der Waals surface area contributed by atoms with Crippen molar-refractivity contribution in [1.82, 2.24) is 10.6 Å². The predicted molar refractivity (Wildman–Crippen MR) is 85.0 cm³/mol. The quantitative estimate of drug-likeness (QED) is 0.318. The number of nitrogens with one attached hydrogen (secondary N) is 2. The molecule has 0 saturated carbocycles. The van der Waals surface area contributed by atoms with Gasteiger partial charge in [0.25, 0.3) is 0 Å². The summed E-state index contributed by atoms with van der Waals surface area (Å²) in [6, 6.07) is -3.06. The molecule has 0 spiro atoms. The maximum atomic E-state index is 12.1. The Balaban J connectivity index is 4.70. The molecule has 2 amide bonds. The standard InChI is InChI=1S/C13H23N3O6S/c1-7(13(21)22)15-12(20)9(5-6-23-2)16-11(19)8(14)3-4-10(17)18/h7-9H,3-6,14H2,1-2H3,(H,15,20)(H,16,19)(H,17,18)(H,21,22)/t7-,8-,9-/m0/s1. The molecule has 0 unspecified atom stereocenters. The van der Waals surface area contributed by atoms with Gasteiger partial charge in [0.1, 0.15) is 12.1 Å². The summed E-state index contributed by atoms with van der Waals surface area (Å²) in [6.07, 6.45) is 1.82. The fourth-order valence-electron chi connectivity index (χ4n) is 1.57. The van der Waals surface area contributed by atoms with E-state index in [4.69, 9.17) is 15.9 Å². The van der Waals surface area contributed by atoms with E-state index < -0.39 is 41.9 Å². The molecule has 0 saturated heterocycles. The normalized spacial score (nSPS) is 14.4. The van der Waals surface area contributed by atoms with Gasteiger partial charge in [0, 0.05) is 6.42 Å². The SMILES string of the molecule is CSCC[C@H](NC(=O)[C@@H](N)CCC(=O)O)C(=O)N[C@@H](C)C(=O)O. The molecule has 10 heteroatoms. The minimum absolute atomic E-state index is 0.0520. The summed E-state index contributed by atoms with van der Waals surface area (Å²) >= 11 is 1.47. The summed E-state index contributed by atoms with van der Waals surface area (Å²) in [4.78, 5) is 45.2. The average Bonchev–Trinajstić information content (AvgIpc) is 2.48. The second kappa shape index (κ2) is 10.8. The molecule has 6 N–H and O–H groups in total. The molecule has 0 bridgehead atoms. The molecule has 0 aliphatic heterocycles. The molecule has 0 aromatic carbocycles. The summed E-state index contributed by atoms with van der Waals surface area (Å²) in [5.41, 5.74) is 5.59. The van der Waals surface area contributed by atoms with Crippen LogP contribution in [0.5, 0.6) is 0 Å². The lowest BCUT2D eigenvalue weighted by Gasteiger charge is -2.21. The van der Waals surface area contributed by atoms with Crippen LogP contribution in [-0.2, 0) is 19.2 Å². The summed E-state index contributed by atoms with van der Waals surface area (Å²) in [5, 5.41) is 22.1. The average molecular weight is 349 g/mol. The van der Waals surface area contributed by atoms with Gasteiger partial charge < -0.3 is 26.6 Å². The number of carbonyl (C=O) groups excluding carboxylic acids is 2. The molecule has 0 aromatic heterocycles. The Hall–Kier alpha value is -1.81. The maximum Gasteiger partial charge on any atom is 0.325 e. The van der Waals surface area contributed by atoms with E-state index in [0.717, 1.165) is 0 Å². The largest absolute Gasteiger partial charge is 0.481 e. The highest BCUT2D eigenvalue weighted by atomic mass is 32.2. The van der Waals surface area contributed by atoms with Crippen LogP contribution in [-0.4, -0.2) is 64.1 Å². The molecule has 3 atom stereocenters. The highest BCUT2D eigenvalue weighted by molar-refractivity contribution is 7.98. The topological polar surface area (TPSA) is 159 Å². The third-order valence-corrected chi connectivity index (χ3v) is 3.62. The fourth-order valence-corrected chi connectivity index (χ4v) is 2.04. The van der Waals surface area contributed by atoms with Crippen LogP contribution in [0.25, 0.3) is 0 Å². The van der Waals surface area contributed by atoms with E-state index in [2.05, 4.69) is 10.6 Å². The Morgan fingerprint density at radius 2 is 1.70 bits per heavy atom. The molecular weight excluding hydrogens is 326 g/mol. The van der Waals surface area contributed by atoms with Gasteiger partial charge in [-0.1, -0.05) is 0 Å². The highest BCUT2D eigenvalue weighted by Gasteiger charge is 2.26. The zero-order chi connectivity index (χ0) is 18.0.